The Morgan fingerprint density at radius 2 is 1.93 bits per heavy atom. The van der Waals surface area contributed by atoms with Crippen LogP contribution in [0.2, 0.25) is 0 Å². The molecule has 1 aromatic heterocycles. The number of aromatic nitrogens is 2. The molecular formula is C23H23N3O2S2. The van der Waals surface area contributed by atoms with Crippen LogP contribution in [-0.2, 0) is 17.8 Å². The zero-order valence-electron chi connectivity index (χ0n) is 16.9. The molecular weight excluding hydrogens is 414 g/mol. The molecule has 1 unspecified atom stereocenters. The molecule has 1 aliphatic heterocycles. The van der Waals surface area contributed by atoms with E-state index in [0.29, 0.717) is 17.0 Å². The van der Waals surface area contributed by atoms with Gasteiger partial charge in [-0.05, 0) is 24.6 Å². The summed E-state index contributed by atoms with van der Waals surface area (Å²) in [5.41, 5.74) is 3.80. The van der Waals surface area contributed by atoms with Crippen LogP contribution in [0.25, 0.3) is 5.69 Å². The van der Waals surface area contributed by atoms with Crippen molar-refractivity contribution >= 4 is 29.4 Å². The molecule has 0 bridgehead atoms. The van der Waals surface area contributed by atoms with Crippen LogP contribution in [-0.4, -0.2) is 26.5 Å². The fourth-order valence-corrected chi connectivity index (χ4v) is 5.24. The Morgan fingerprint density at radius 1 is 1.20 bits per heavy atom. The Kier molecular flexibility index (Phi) is 6.29. The normalized spacial score (nSPS) is 15.1. The van der Waals surface area contributed by atoms with Gasteiger partial charge in [-0.3, -0.25) is 14.2 Å². The van der Waals surface area contributed by atoms with E-state index in [1.165, 1.54) is 17.3 Å². The molecule has 154 valence electrons. The first-order valence-corrected chi connectivity index (χ1v) is 11.7. The predicted octanol–water partition coefficient (Wildman–Crippen LogP) is 3.99. The van der Waals surface area contributed by atoms with Crippen LogP contribution in [0, 0.1) is 6.92 Å². The van der Waals surface area contributed by atoms with Gasteiger partial charge < -0.3 is 5.32 Å². The van der Waals surface area contributed by atoms with E-state index in [4.69, 9.17) is 4.98 Å². The lowest BCUT2D eigenvalue weighted by molar-refractivity contribution is -0.118. The Labute approximate surface area is 184 Å². The van der Waals surface area contributed by atoms with Crippen LogP contribution in [0.3, 0.4) is 0 Å². The highest BCUT2D eigenvalue weighted by Gasteiger charge is 2.27. The summed E-state index contributed by atoms with van der Waals surface area (Å²) >= 11 is 2.88. The summed E-state index contributed by atoms with van der Waals surface area (Å²) in [6, 6.07) is 17.6. The van der Waals surface area contributed by atoms with Gasteiger partial charge in [-0.1, -0.05) is 66.7 Å². The standard InChI is InChI=1S/C23H23N3O2S2/c1-15-8-10-17(11-9-15)13-24-20(27)14-29-23-25-19-12-16(2)30-21(19)22(28)26(23)18-6-4-3-5-7-18/h3-11,16H,12-14H2,1-2H3,(H,24,27). The molecule has 2 aromatic carbocycles. The Morgan fingerprint density at radius 3 is 2.67 bits per heavy atom. The van der Waals surface area contributed by atoms with E-state index in [1.54, 1.807) is 16.3 Å². The van der Waals surface area contributed by atoms with Gasteiger partial charge in [0.2, 0.25) is 5.91 Å². The second-order valence-corrected chi connectivity index (χ2v) is 9.72. The number of hydrogen-bond acceptors (Lipinski definition) is 5. The third kappa shape index (κ3) is 4.63. The maximum Gasteiger partial charge on any atom is 0.272 e. The summed E-state index contributed by atoms with van der Waals surface area (Å²) in [5.74, 6) is 0.116. The van der Waals surface area contributed by atoms with Crippen LogP contribution < -0.4 is 10.9 Å². The van der Waals surface area contributed by atoms with E-state index in [9.17, 15) is 9.59 Å². The minimum atomic E-state index is -0.0855. The Hall–Kier alpha value is -2.51. The van der Waals surface area contributed by atoms with Gasteiger partial charge in [0.1, 0.15) is 0 Å². The second-order valence-electron chi connectivity index (χ2n) is 7.33. The number of carbonyl (C=O) groups excluding carboxylic acids is 1. The lowest BCUT2D eigenvalue weighted by atomic mass is 10.1. The number of aryl methyl sites for hydroxylation is 1. The van der Waals surface area contributed by atoms with Crippen molar-refractivity contribution in [3.63, 3.8) is 0 Å². The van der Waals surface area contributed by atoms with Crippen molar-refractivity contribution in [1.82, 2.24) is 14.9 Å². The molecule has 30 heavy (non-hydrogen) atoms. The molecule has 0 aliphatic carbocycles. The zero-order chi connectivity index (χ0) is 21.1. The minimum absolute atomic E-state index is 0.0527. The molecule has 3 aromatic rings. The topological polar surface area (TPSA) is 64.0 Å². The predicted molar refractivity (Wildman–Crippen MR) is 123 cm³/mol. The smallest absolute Gasteiger partial charge is 0.272 e. The molecule has 0 saturated heterocycles. The molecule has 5 nitrogen and oxygen atoms in total. The van der Waals surface area contributed by atoms with Gasteiger partial charge in [-0.2, -0.15) is 0 Å². The van der Waals surface area contributed by atoms with E-state index < -0.39 is 0 Å². The van der Waals surface area contributed by atoms with E-state index >= 15 is 0 Å². The summed E-state index contributed by atoms with van der Waals surface area (Å²) in [6.45, 7) is 4.62. The summed E-state index contributed by atoms with van der Waals surface area (Å²) in [4.78, 5) is 31.1. The van der Waals surface area contributed by atoms with Crippen molar-refractivity contribution < 1.29 is 4.79 Å². The first-order valence-electron chi connectivity index (χ1n) is 9.84. The van der Waals surface area contributed by atoms with Crippen molar-refractivity contribution in [1.29, 1.82) is 0 Å². The maximum atomic E-state index is 13.2. The number of rotatable bonds is 6. The van der Waals surface area contributed by atoms with Gasteiger partial charge >= 0.3 is 0 Å². The number of thioether (sulfide) groups is 2. The highest BCUT2D eigenvalue weighted by molar-refractivity contribution is 8.00. The van der Waals surface area contributed by atoms with E-state index in [2.05, 4.69) is 12.2 Å². The Bertz CT molecular complexity index is 1110. The molecule has 0 radical (unpaired) electrons. The van der Waals surface area contributed by atoms with Crippen LogP contribution >= 0.6 is 23.5 Å². The van der Waals surface area contributed by atoms with Crippen molar-refractivity contribution in [2.45, 2.75) is 42.1 Å². The van der Waals surface area contributed by atoms with E-state index in [1.807, 2.05) is 61.5 Å². The van der Waals surface area contributed by atoms with Crippen LogP contribution in [0.5, 0.6) is 0 Å². The molecule has 0 fully saturated rings. The van der Waals surface area contributed by atoms with E-state index in [-0.39, 0.29) is 17.2 Å². The van der Waals surface area contributed by atoms with Crippen LogP contribution in [0.4, 0.5) is 0 Å². The number of nitrogens with zero attached hydrogens (tertiary/aromatic N) is 2. The fourth-order valence-electron chi connectivity index (χ4n) is 3.29. The molecule has 1 atom stereocenters. The SMILES string of the molecule is Cc1ccc(CNC(=O)CSc2nc3c(c(=O)n2-c2ccccc2)SC(C)C3)cc1. The van der Waals surface area contributed by atoms with Crippen molar-refractivity contribution in [3.05, 3.63) is 81.8 Å². The van der Waals surface area contributed by atoms with Crippen molar-refractivity contribution in [3.8, 4) is 5.69 Å². The first kappa shape index (κ1) is 20.8. The first-order chi connectivity index (χ1) is 14.5. The number of nitrogens with one attached hydrogen (secondary N) is 1. The molecule has 1 N–H and O–H groups in total. The quantitative estimate of drug-likeness (QED) is 0.467. The third-order valence-electron chi connectivity index (χ3n) is 4.84. The fraction of sp³-hybridized carbons (Fsp3) is 0.261. The maximum absolute atomic E-state index is 13.2. The number of hydrogen-bond donors (Lipinski definition) is 1. The average Bonchev–Trinajstić information content (AvgIpc) is 3.13. The monoisotopic (exact) mass is 437 g/mol. The molecule has 7 heteroatoms. The van der Waals surface area contributed by atoms with Crippen molar-refractivity contribution in [2.75, 3.05) is 5.75 Å². The van der Waals surface area contributed by atoms with Crippen molar-refractivity contribution in [2.24, 2.45) is 0 Å². The summed E-state index contributed by atoms with van der Waals surface area (Å²) in [7, 11) is 0. The van der Waals surface area contributed by atoms with Gasteiger partial charge in [-0.25, -0.2) is 4.98 Å². The molecule has 1 amide bonds. The number of para-hydroxylation sites is 1. The molecule has 0 spiro atoms. The largest absolute Gasteiger partial charge is 0.351 e. The Balaban J connectivity index is 1.52. The number of benzene rings is 2. The third-order valence-corrected chi connectivity index (χ3v) is 6.99. The zero-order valence-corrected chi connectivity index (χ0v) is 18.6. The minimum Gasteiger partial charge on any atom is -0.351 e. The highest BCUT2D eigenvalue weighted by Crippen LogP contribution is 2.34. The summed E-state index contributed by atoms with van der Waals surface area (Å²) in [6.07, 6.45) is 0.776. The molecule has 4 rings (SSSR count). The molecule has 1 aliphatic rings. The number of carbonyl (C=O) groups is 1. The highest BCUT2D eigenvalue weighted by atomic mass is 32.2. The van der Waals surface area contributed by atoms with Crippen LogP contribution in [0.1, 0.15) is 23.7 Å². The average molecular weight is 438 g/mol. The molecule has 0 saturated carbocycles. The second kappa shape index (κ2) is 9.10. The summed E-state index contributed by atoms with van der Waals surface area (Å²) in [5, 5.41) is 3.84. The van der Waals surface area contributed by atoms with Gasteiger partial charge in [0.05, 0.1) is 22.0 Å². The number of amides is 1. The summed E-state index contributed by atoms with van der Waals surface area (Å²) < 4.78 is 1.63. The van der Waals surface area contributed by atoms with E-state index in [0.717, 1.165) is 28.3 Å². The van der Waals surface area contributed by atoms with Gasteiger partial charge in [-0.15, -0.1) is 11.8 Å². The molecule has 2 heterocycles. The van der Waals surface area contributed by atoms with Gasteiger partial charge in [0.15, 0.2) is 5.16 Å². The van der Waals surface area contributed by atoms with Gasteiger partial charge in [0, 0.05) is 18.2 Å². The van der Waals surface area contributed by atoms with Crippen LogP contribution in [0.15, 0.2) is 69.4 Å². The van der Waals surface area contributed by atoms with Gasteiger partial charge in [0.25, 0.3) is 5.56 Å². The lowest BCUT2D eigenvalue weighted by Crippen LogP contribution is -2.27. The lowest BCUT2D eigenvalue weighted by Gasteiger charge is -2.13. The number of fused-ring (bicyclic) bond motifs is 1.